The van der Waals surface area contributed by atoms with Crippen LogP contribution in [0.2, 0.25) is 0 Å². The SMILES string of the molecule is CC1=CN=NC1C.Cc1cc(C)[n-]n1.Cc1cc(C)[n-]n1.Cc1cc(C)[n-]n1.Cc1cc(C)[n-]n1.Cc1cc(C)[n-]n1.Cc1cc(C)[n-]n1.Cc1cc(C)[nH]n1.[Ag+].[Ag+].[Ag+].[Ag].[Pt+2].[Pt+2]. The predicted octanol–water partition coefficient (Wildman–Crippen LogP) is 6.69. The fraction of sp³-hybridized carbons (Fsp3) is 0.425. The molecule has 361 valence electrons. The molecule has 0 fully saturated rings. The Kier molecular flexibility index (Phi) is 47.0. The molecular formula is C40H58Ag4N16Pt2+. The fourth-order valence-electron chi connectivity index (χ4n) is 4.08. The van der Waals surface area contributed by atoms with Gasteiger partial charge in [-0.15, -0.1) is 34.2 Å². The molecule has 7 aromatic heterocycles. The maximum Gasteiger partial charge on any atom is 2.00 e. The van der Waals surface area contributed by atoms with Crippen LogP contribution in [0.4, 0.5) is 0 Å². The van der Waals surface area contributed by atoms with Gasteiger partial charge in [-0.3, -0.25) is 5.10 Å². The standard InChI is InChI=1S/2C5H8N2.6C5H7N2.4Ag.2Pt/c1-4-3-6-7-5(4)2;7*1-4-3-5(2)7-6-4;;;;;;/h3,5H,1-2H3;3H,1-2H3,(H,6,7);6*3H,1-2H3;;;;;;/q;;6*-1;;3*+1;2*+2. The number of aromatic amines is 1. The molecule has 0 saturated carbocycles. The minimum Gasteiger partial charge on any atom is -0.579 e. The Bertz CT molecular complexity index is 1650. The first kappa shape index (κ1) is 71.8. The molecule has 1 aliphatic rings. The van der Waals surface area contributed by atoms with E-state index in [4.69, 9.17) is 0 Å². The number of aromatic nitrogens is 14. The number of H-pyrrole nitrogens is 1. The second-order valence-electron chi connectivity index (χ2n) is 13.2. The van der Waals surface area contributed by atoms with E-state index in [0.29, 0.717) is 6.04 Å². The molecule has 62 heavy (non-hydrogen) atoms. The number of nitrogens with one attached hydrogen (secondary N) is 1. The molecule has 16 nitrogen and oxygen atoms in total. The molecule has 0 aromatic carbocycles. The summed E-state index contributed by atoms with van der Waals surface area (Å²) in [4.78, 5) is 0. The van der Waals surface area contributed by atoms with E-state index in [-0.39, 0.29) is 132 Å². The van der Waals surface area contributed by atoms with Crippen LogP contribution in [0.15, 0.2) is 64.5 Å². The zero-order valence-electron chi connectivity index (χ0n) is 37.7. The van der Waals surface area contributed by atoms with Gasteiger partial charge >= 0.3 is 109 Å². The zero-order chi connectivity index (χ0) is 42.2. The monoisotopic (exact) mass is 1580 g/mol. The molecule has 0 bridgehead atoms. The average molecular weight is 1580 g/mol. The van der Waals surface area contributed by atoms with Gasteiger partial charge in [0.2, 0.25) is 0 Å². The van der Waals surface area contributed by atoms with Crippen molar-refractivity contribution in [2.24, 2.45) is 10.2 Å². The third-order valence-electron chi connectivity index (χ3n) is 6.69. The van der Waals surface area contributed by atoms with Gasteiger partial charge in [0.1, 0.15) is 0 Å². The summed E-state index contributed by atoms with van der Waals surface area (Å²) in [5, 5.41) is 59.5. The van der Waals surface area contributed by atoms with E-state index < -0.39 is 0 Å². The first-order valence-electron chi connectivity index (χ1n) is 18.0. The normalized spacial score (nSPS) is 10.6. The Labute approximate surface area is 459 Å². The number of aryl methyl sites for hydroxylation is 14. The van der Waals surface area contributed by atoms with Crippen LogP contribution in [-0.4, -0.2) is 46.8 Å². The van der Waals surface area contributed by atoms with Gasteiger partial charge in [-0.2, -0.15) is 15.3 Å². The van der Waals surface area contributed by atoms with Crippen LogP contribution in [-0.2, 0) is 132 Å². The fourth-order valence-corrected chi connectivity index (χ4v) is 4.08. The van der Waals surface area contributed by atoms with Gasteiger partial charge in [-0.1, -0.05) is 77.9 Å². The molecule has 0 aliphatic carbocycles. The quantitative estimate of drug-likeness (QED) is 0.157. The summed E-state index contributed by atoms with van der Waals surface area (Å²) in [6, 6.07) is 14.0. The maximum absolute atomic E-state index is 3.89. The van der Waals surface area contributed by atoms with Crippen LogP contribution in [0.5, 0.6) is 0 Å². The van der Waals surface area contributed by atoms with Crippen molar-refractivity contribution in [3.05, 3.63) is 134 Å². The smallest absolute Gasteiger partial charge is 0.579 e. The first-order valence-corrected chi connectivity index (χ1v) is 18.0. The molecule has 1 aliphatic heterocycles. The van der Waals surface area contributed by atoms with Crippen LogP contribution in [0.1, 0.15) is 93.6 Å². The van der Waals surface area contributed by atoms with Crippen LogP contribution < -0.4 is 30.6 Å². The van der Waals surface area contributed by atoms with Crippen molar-refractivity contribution < 1.29 is 132 Å². The average Bonchev–Trinajstić information content (AvgIpc) is 4.01. The van der Waals surface area contributed by atoms with E-state index in [2.05, 4.69) is 81.6 Å². The van der Waals surface area contributed by atoms with E-state index in [1.807, 2.05) is 153 Å². The molecule has 1 radical (unpaired) electrons. The summed E-state index contributed by atoms with van der Waals surface area (Å²) < 4.78 is 0. The van der Waals surface area contributed by atoms with E-state index in [0.717, 1.165) is 79.7 Å². The molecule has 22 heteroatoms. The van der Waals surface area contributed by atoms with Gasteiger partial charge in [0.05, 0.1) is 17.9 Å². The Morgan fingerprint density at radius 2 is 0.645 bits per heavy atom. The molecule has 0 saturated heterocycles. The van der Waals surface area contributed by atoms with Crippen molar-refractivity contribution in [1.82, 2.24) is 71.4 Å². The van der Waals surface area contributed by atoms with E-state index >= 15 is 0 Å². The topological polar surface area (TPSA) is 215 Å². The second-order valence-corrected chi connectivity index (χ2v) is 13.2. The van der Waals surface area contributed by atoms with Crippen LogP contribution in [0, 0.1) is 96.9 Å². The summed E-state index contributed by atoms with van der Waals surface area (Å²) in [5.74, 6) is 0. The summed E-state index contributed by atoms with van der Waals surface area (Å²) in [5.41, 5.74) is 15.4. The van der Waals surface area contributed by atoms with Gasteiger partial charge in [-0.25, -0.2) is 0 Å². The van der Waals surface area contributed by atoms with Crippen LogP contribution in [0.25, 0.3) is 0 Å². The van der Waals surface area contributed by atoms with Crippen molar-refractivity contribution in [2.75, 3.05) is 0 Å². The summed E-state index contributed by atoms with van der Waals surface area (Å²) in [7, 11) is 0. The predicted molar refractivity (Wildman–Crippen MR) is 218 cm³/mol. The number of nitrogens with zero attached hydrogens (tertiary/aromatic N) is 15. The van der Waals surface area contributed by atoms with Gasteiger partial charge < -0.3 is 61.2 Å². The molecule has 8 heterocycles. The number of hydrogen-bond donors (Lipinski definition) is 1. The van der Waals surface area contributed by atoms with Crippen LogP contribution >= 0.6 is 0 Å². The second kappa shape index (κ2) is 40.6. The summed E-state index contributed by atoms with van der Waals surface area (Å²) in [6.07, 6.45) is 1.80. The van der Waals surface area contributed by atoms with Crippen molar-refractivity contribution in [2.45, 2.75) is 117 Å². The first-order chi connectivity index (χ1) is 26.3. The minimum atomic E-state index is 0. The van der Waals surface area contributed by atoms with Crippen molar-refractivity contribution in [1.29, 1.82) is 0 Å². The van der Waals surface area contributed by atoms with Crippen molar-refractivity contribution in [3.63, 3.8) is 0 Å². The minimum absolute atomic E-state index is 0. The van der Waals surface area contributed by atoms with Crippen molar-refractivity contribution in [3.8, 4) is 0 Å². The van der Waals surface area contributed by atoms with Gasteiger partial charge in [0.15, 0.2) is 0 Å². The number of azo groups is 1. The van der Waals surface area contributed by atoms with Crippen molar-refractivity contribution >= 4 is 0 Å². The molecule has 7 aromatic rings. The Balaban J connectivity index is -0.000000143. The molecule has 1 N–H and O–H groups in total. The van der Waals surface area contributed by atoms with E-state index in [9.17, 15) is 0 Å². The number of hydrogen-bond acceptors (Lipinski definition) is 9. The summed E-state index contributed by atoms with van der Waals surface area (Å²) in [6.45, 7) is 31.2. The van der Waals surface area contributed by atoms with Gasteiger partial charge in [-0.05, 0) is 80.9 Å². The van der Waals surface area contributed by atoms with Gasteiger partial charge in [0, 0.05) is 62.2 Å². The molecule has 0 amide bonds. The molecule has 8 rings (SSSR count). The molecule has 0 spiro atoms. The Morgan fingerprint density at radius 3 is 0.694 bits per heavy atom. The molecular weight excluding hydrogens is 1530 g/mol. The largest absolute Gasteiger partial charge is 2.00 e. The third-order valence-corrected chi connectivity index (χ3v) is 6.69. The van der Waals surface area contributed by atoms with E-state index in [1.165, 1.54) is 5.57 Å². The number of rotatable bonds is 0. The Morgan fingerprint density at radius 1 is 0.403 bits per heavy atom. The van der Waals surface area contributed by atoms with Gasteiger partial charge in [0.25, 0.3) is 0 Å². The Hall–Kier alpha value is -1.85. The molecule has 1 unspecified atom stereocenters. The third kappa shape index (κ3) is 37.5. The van der Waals surface area contributed by atoms with E-state index in [1.54, 1.807) is 6.20 Å². The van der Waals surface area contributed by atoms with Crippen LogP contribution in [0.3, 0.4) is 0 Å². The maximum atomic E-state index is 3.89. The molecule has 1 atom stereocenters. The summed E-state index contributed by atoms with van der Waals surface area (Å²) >= 11 is 0. The zero-order valence-corrected chi connectivity index (χ0v) is 48.2.